The number of nitrogens with one attached hydrogen (secondary N) is 1. The molecule has 0 bridgehead atoms. The molecule has 5 nitrogen and oxygen atoms in total. The SMILES string of the molecule is O=C(N/N=C/c1cccc(OCc2ccc(F)cc2)c1)c1ccc(O)cc1. The zero-order valence-corrected chi connectivity index (χ0v) is 14.3. The molecule has 1 amide bonds. The monoisotopic (exact) mass is 364 g/mol. The Morgan fingerprint density at radius 3 is 2.56 bits per heavy atom. The first kappa shape index (κ1) is 18.1. The van der Waals surface area contributed by atoms with Gasteiger partial charge in [0.25, 0.3) is 5.91 Å². The second-order valence-corrected chi connectivity index (χ2v) is 5.73. The van der Waals surface area contributed by atoms with E-state index in [0.717, 1.165) is 11.1 Å². The second kappa shape index (κ2) is 8.62. The summed E-state index contributed by atoms with van der Waals surface area (Å²) in [5.74, 6) is 0.0573. The molecule has 0 fully saturated rings. The summed E-state index contributed by atoms with van der Waals surface area (Å²) in [5.41, 5.74) is 4.42. The lowest BCUT2D eigenvalue weighted by Gasteiger charge is -2.07. The van der Waals surface area contributed by atoms with E-state index < -0.39 is 0 Å². The third kappa shape index (κ3) is 5.40. The molecule has 3 aromatic carbocycles. The Balaban J connectivity index is 1.56. The summed E-state index contributed by atoms with van der Waals surface area (Å²) < 4.78 is 18.6. The van der Waals surface area contributed by atoms with Crippen LogP contribution in [0.2, 0.25) is 0 Å². The Hall–Kier alpha value is -3.67. The number of benzene rings is 3. The van der Waals surface area contributed by atoms with Crippen LogP contribution in [0.4, 0.5) is 4.39 Å². The van der Waals surface area contributed by atoms with E-state index in [0.29, 0.717) is 17.9 Å². The highest BCUT2D eigenvalue weighted by Gasteiger charge is 2.03. The molecule has 136 valence electrons. The van der Waals surface area contributed by atoms with Gasteiger partial charge in [-0.1, -0.05) is 24.3 Å². The molecular weight excluding hydrogens is 347 g/mol. The normalized spacial score (nSPS) is 10.7. The van der Waals surface area contributed by atoms with Crippen LogP contribution in [0.1, 0.15) is 21.5 Å². The first-order valence-corrected chi connectivity index (χ1v) is 8.20. The zero-order valence-electron chi connectivity index (χ0n) is 14.3. The van der Waals surface area contributed by atoms with Crippen LogP contribution in [-0.4, -0.2) is 17.2 Å². The first-order chi connectivity index (χ1) is 13.1. The molecule has 0 heterocycles. The minimum absolute atomic E-state index is 0.0903. The van der Waals surface area contributed by atoms with Gasteiger partial charge >= 0.3 is 0 Å². The molecule has 3 rings (SSSR count). The van der Waals surface area contributed by atoms with E-state index in [1.54, 1.807) is 24.3 Å². The molecule has 2 N–H and O–H groups in total. The number of nitrogens with zero attached hydrogens (tertiary/aromatic N) is 1. The summed E-state index contributed by atoms with van der Waals surface area (Å²) in [7, 11) is 0. The van der Waals surface area contributed by atoms with Crippen LogP contribution < -0.4 is 10.2 Å². The van der Waals surface area contributed by atoms with Crippen LogP contribution in [0.15, 0.2) is 77.9 Å². The maximum atomic E-state index is 12.9. The molecule has 0 aliphatic rings. The number of halogens is 1. The highest BCUT2D eigenvalue weighted by atomic mass is 19.1. The fraction of sp³-hybridized carbons (Fsp3) is 0.0476. The molecule has 0 atom stereocenters. The molecule has 3 aromatic rings. The number of aromatic hydroxyl groups is 1. The Morgan fingerprint density at radius 2 is 1.81 bits per heavy atom. The number of hydrazone groups is 1. The number of amides is 1. The Bertz CT molecular complexity index is 938. The molecule has 0 unspecified atom stereocenters. The Morgan fingerprint density at radius 1 is 1.07 bits per heavy atom. The van der Waals surface area contributed by atoms with E-state index in [2.05, 4.69) is 10.5 Å². The quantitative estimate of drug-likeness (QED) is 0.515. The molecule has 0 saturated heterocycles. The van der Waals surface area contributed by atoms with Crippen LogP contribution in [0.3, 0.4) is 0 Å². The Kier molecular flexibility index (Phi) is 5.79. The van der Waals surface area contributed by atoms with Crippen molar-refractivity contribution >= 4 is 12.1 Å². The predicted molar refractivity (Wildman–Crippen MR) is 100 cm³/mol. The molecule has 0 radical (unpaired) electrons. The van der Waals surface area contributed by atoms with Crippen molar-refractivity contribution in [3.63, 3.8) is 0 Å². The van der Waals surface area contributed by atoms with Gasteiger partial charge in [-0.25, -0.2) is 9.82 Å². The van der Waals surface area contributed by atoms with Crippen LogP contribution in [0, 0.1) is 5.82 Å². The van der Waals surface area contributed by atoms with Gasteiger partial charge in [0.1, 0.15) is 23.9 Å². The van der Waals surface area contributed by atoms with Crippen LogP contribution in [0.5, 0.6) is 11.5 Å². The van der Waals surface area contributed by atoms with E-state index in [1.807, 2.05) is 12.1 Å². The van der Waals surface area contributed by atoms with Gasteiger partial charge in [0.15, 0.2) is 0 Å². The van der Waals surface area contributed by atoms with Gasteiger partial charge in [-0.2, -0.15) is 5.10 Å². The van der Waals surface area contributed by atoms with Crippen molar-refractivity contribution in [3.8, 4) is 11.5 Å². The molecule has 0 saturated carbocycles. The molecule has 0 aliphatic heterocycles. The lowest BCUT2D eigenvalue weighted by atomic mass is 10.2. The average Bonchev–Trinajstić information content (AvgIpc) is 2.68. The highest BCUT2D eigenvalue weighted by molar-refractivity contribution is 5.95. The highest BCUT2D eigenvalue weighted by Crippen LogP contribution is 2.15. The summed E-state index contributed by atoms with van der Waals surface area (Å²) in [6, 6.07) is 19.2. The number of ether oxygens (including phenoxy) is 1. The van der Waals surface area contributed by atoms with Gasteiger partial charge in [0, 0.05) is 5.56 Å². The Labute approximate surface area is 155 Å². The summed E-state index contributed by atoms with van der Waals surface area (Å²) in [6.45, 7) is 0.318. The van der Waals surface area contributed by atoms with Crippen molar-refractivity contribution in [3.05, 3.63) is 95.3 Å². The number of hydrogen-bond donors (Lipinski definition) is 2. The van der Waals surface area contributed by atoms with Crippen molar-refractivity contribution in [1.82, 2.24) is 5.43 Å². The van der Waals surface area contributed by atoms with Crippen molar-refractivity contribution < 1.29 is 19.0 Å². The summed E-state index contributed by atoms with van der Waals surface area (Å²) in [4.78, 5) is 11.9. The molecular formula is C21H17FN2O3. The van der Waals surface area contributed by atoms with Crippen molar-refractivity contribution in [2.24, 2.45) is 5.10 Å². The predicted octanol–water partition coefficient (Wildman–Crippen LogP) is 3.87. The van der Waals surface area contributed by atoms with Crippen molar-refractivity contribution in [1.29, 1.82) is 0 Å². The van der Waals surface area contributed by atoms with Gasteiger partial charge in [0.2, 0.25) is 0 Å². The largest absolute Gasteiger partial charge is 0.508 e. The van der Waals surface area contributed by atoms with Crippen molar-refractivity contribution in [2.45, 2.75) is 6.61 Å². The minimum Gasteiger partial charge on any atom is -0.508 e. The summed E-state index contributed by atoms with van der Waals surface area (Å²) in [5, 5.41) is 13.2. The molecule has 6 heteroatoms. The average molecular weight is 364 g/mol. The third-order valence-electron chi connectivity index (χ3n) is 3.69. The standard InChI is InChI=1S/C21H17FN2O3/c22-18-8-4-15(5-9-18)14-27-20-3-1-2-16(12-20)13-23-24-21(26)17-6-10-19(25)11-7-17/h1-13,25H,14H2,(H,24,26)/b23-13+. The van der Waals surface area contributed by atoms with E-state index in [1.165, 1.54) is 42.6 Å². The second-order valence-electron chi connectivity index (χ2n) is 5.73. The lowest BCUT2D eigenvalue weighted by molar-refractivity contribution is 0.0955. The fourth-order valence-electron chi connectivity index (χ4n) is 2.27. The van der Waals surface area contributed by atoms with Crippen LogP contribution >= 0.6 is 0 Å². The van der Waals surface area contributed by atoms with Gasteiger partial charge in [-0.15, -0.1) is 0 Å². The summed E-state index contributed by atoms with van der Waals surface area (Å²) in [6.07, 6.45) is 1.50. The molecule has 0 spiro atoms. The van der Waals surface area contributed by atoms with Gasteiger partial charge < -0.3 is 9.84 Å². The number of rotatable bonds is 6. The molecule has 0 aromatic heterocycles. The van der Waals surface area contributed by atoms with Crippen LogP contribution in [-0.2, 0) is 6.61 Å². The maximum Gasteiger partial charge on any atom is 0.271 e. The van der Waals surface area contributed by atoms with E-state index >= 15 is 0 Å². The fourth-order valence-corrected chi connectivity index (χ4v) is 2.27. The topological polar surface area (TPSA) is 70.9 Å². The third-order valence-corrected chi connectivity index (χ3v) is 3.69. The summed E-state index contributed by atoms with van der Waals surface area (Å²) >= 11 is 0. The maximum absolute atomic E-state index is 12.9. The van der Waals surface area contributed by atoms with Gasteiger partial charge in [-0.05, 0) is 59.7 Å². The molecule has 27 heavy (non-hydrogen) atoms. The number of hydrogen-bond acceptors (Lipinski definition) is 4. The zero-order chi connectivity index (χ0) is 19.1. The van der Waals surface area contributed by atoms with Gasteiger partial charge in [-0.3, -0.25) is 4.79 Å². The smallest absolute Gasteiger partial charge is 0.271 e. The number of phenolic OH excluding ortho intramolecular Hbond substituents is 1. The minimum atomic E-state index is -0.380. The van der Waals surface area contributed by atoms with E-state index in [4.69, 9.17) is 4.74 Å². The van der Waals surface area contributed by atoms with Crippen LogP contribution in [0.25, 0.3) is 0 Å². The number of phenols is 1. The van der Waals surface area contributed by atoms with Crippen molar-refractivity contribution in [2.75, 3.05) is 0 Å². The lowest BCUT2D eigenvalue weighted by Crippen LogP contribution is -2.17. The first-order valence-electron chi connectivity index (χ1n) is 8.20. The number of carbonyl (C=O) groups excluding carboxylic acids is 1. The molecule has 0 aliphatic carbocycles. The van der Waals surface area contributed by atoms with Gasteiger partial charge in [0.05, 0.1) is 6.21 Å². The number of carbonyl (C=O) groups is 1. The van der Waals surface area contributed by atoms with E-state index in [-0.39, 0.29) is 17.5 Å². The van der Waals surface area contributed by atoms with E-state index in [9.17, 15) is 14.3 Å².